The minimum absolute atomic E-state index is 0.212. The van der Waals surface area contributed by atoms with Gasteiger partial charge in [0.2, 0.25) is 0 Å². The molecule has 0 heterocycles. The van der Waals surface area contributed by atoms with Crippen LogP contribution in [0, 0.1) is 22.7 Å². The third-order valence-electron chi connectivity index (χ3n) is 3.41. The van der Waals surface area contributed by atoms with Crippen LogP contribution in [-0.2, 0) is 0 Å². The van der Waals surface area contributed by atoms with Crippen LogP contribution in [0.1, 0.15) is 64.2 Å². The highest BCUT2D eigenvalue weighted by Gasteiger charge is 2.08. The molecular weight excluding hydrogens is 280 g/mol. The molecule has 0 aromatic heterocycles. The lowest BCUT2D eigenvalue weighted by atomic mass is 10.1. The summed E-state index contributed by atoms with van der Waals surface area (Å²) in [4.78, 5) is 0. The first-order valence-corrected chi connectivity index (χ1v) is 8.19. The van der Waals surface area contributed by atoms with Crippen LogP contribution in [0.3, 0.4) is 0 Å². The van der Waals surface area contributed by atoms with Gasteiger partial charge in [0.05, 0.1) is 12.1 Å². The summed E-state index contributed by atoms with van der Waals surface area (Å²) < 4.78 is 0. The molecule has 2 N–H and O–H groups in total. The normalized spacial score (nSPS) is 13.6. The van der Waals surface area contributed by atoms with E-state index in [0.717, 1.165) is 51.4 Å². The van der Waals surface area contributed by atoms with Crippen molar-refractivity contribution in [1.29, 1.82) is 10.5 Å². The second-order valence-electron chi connectivity index (χ2n) is 5.37. The van der Waals surface area contributed by atoms with Crippen LogP contribution >= 0.6 is 0 Å². The van der Waals surface area contributed by atoms with Crippen molar-refractivity contribution < 1.29 is 10.2 Å². The number of aliphatic hydroxyl groups excluding tert-OH is 2. The maximum absolute atomic E-state index is 9.04. The van der Waals surface area contributed by atoms with E-state index < -0.39 is 12.1 Å². The van der Waals surface area contributed by atoms with Crippen molar-refractivity contribution in [2.24, 2.45) is 10.2 Å². The highest BCUT2D eigenvalue weighted by atomic mass is 16.3. The van der Waals surface area contributed by atoms with Gasteiger partial charge in [-0.25, -0.2) is 0 Å². The topological polar surface area (TPSA) is 113 Å². The summed E-state index contributed by atoms with van der Waals surface area (Å²) in [7, 11) is 0. The zero-order chi connectivity index (χ0) is 16.5. The molecule has 0 aromatic rings. The maximum atomic E-state index is 9.04. The lowest BCUT2D eigenvalue weighted by Crippen LogP contribution is -2.04. The molecule has 0 saturated carbocycles. The number of hydrogen-bond acceptors (Lipinski definition) is 6. The van der Waals surface area contributed by atoms with Crippen LogP contribution in [0.5, 0.6) is 0 Å². The van der Waals surface area contributed by atoms with E-state index in [-0.39, 0.29) is 13.2 Å². The van der Waals surface area contributed by atoms with Gasteiger partial charge in [0.25, 0.3) is 0 Å². The van der Waals surface area contributed by atoms with Gasteiger partial charge in [0, 0.05) is 13.2 Å². The molecule has 22 heavy (non-hydrogen) atoms. The highest BCUT2D eigenvalue weighted by Crippen LogP contribution is 2.11. The summed E-state index contributed by atoms with van der Waals surface area (Å²) in [6.07, 6.45) is 8.53. The lowest BCUT2D eigenvalue weighted by Gasteiger charge is -2.05. The maximum Gasteiger partial charge on any atom is 0.157 e. The quantitative estimate of drug-likeness (QED) is 0.379. The van der Waals surface area contributed by atoms with Crippen molar-refractivity contribution >= 4 is 0 Å². The van der Waals surface area contributed by atoms with Crippen molar-refractivity contribution in [3.63, 3.8) is 0 Å². The van der Waals surface area contributed by atoms with Gasteiger partial charge in [-0.3, -0.25) is 0 Å². The van der Waals surface area contributed by atoms with E-state index in [1.807, 2.05) is 0 Å². The Labute approximate surface area is 133 Å². The zero-order valence-corrected chi connectivity index (χ0v) is 13.3. The van der Waals surface area contributed by atoms with Crippen molar-refractivity contribution in [3.8, 4) is 12.1 Å². The molecule has 0 aliphatic carbocycles. The Kier molecular flexibility index (Phi) is 14.8. The van der Waals surface area contributed by atoms with Gasteiger partial charge < -0.3 is 10.2 Å². The highest BCUT2D eigenvalue weighted by molar-refractivity contribution is 4.92. The molecule has 0 spiro atoms. The van der Waals surface area contributed by atoms with Crippen molar-refractivity contribution in [2.75, 3.05) is 13.2 Å². The third-order valence-corrected chi connectivity index (χ3v) is 3.41. The van der Waals surface area contributed by atoms with Gasteiger partial charge in [-0.05, 0) is 25.7 Å². The first-order chi connectivity index (χ1) is 10.8. The van der Waals surface area contributed by atoms with Crippen LogP contribution in [-0.4, -0.2) is 35.5 Å². The Morgan fingerprint density at radius 2 is 1.00 bits per heavy atom. The molecule has 2 atom stereocenters. The van der Waals surface area contributed by atoms with Gasteiger partial charge in [0.1, 0.15) is 0 Å². The number of aliphatic hydroxyl groups is 2. The van der Waals surface area contributed by atoms with Gasteiger partial charge >= 0.3 is 0 Å². The van der Waals surface area contributed by atoms with Crippen LogP contribution in [0.2, 0.25) is 0 Å². The van der Waals surface area contributed by atoms with Gasteiger partial charge in [-0.1, -0.05) is 38.5 Å². The Hall–Kier alpha value is -1.50. The average molecular weight is 308 g/mol. The number of nitriles is 2. The minimum Gasteiger partial charge on any atom is -0.396 e. The molecule has 0 aliphatic rings. The molecule has 0 rings (SSSR count). The first-order valence-electron chi connectivity index (χ1n) is 8.19. The van der Waals surface area contributed by atoms with E-state index in [1.165, 1.54) is 0 Å². The average Bonchev–Trinajstić information content (AvgIpc) is 2.55. The lowest BCUT2D eigenvalue weighted by molar-refractivity contribution is 0.282. The number of unbranched alkanes of at least 4 members (excludes halogenated alkanes) is 6. The van der Waals surface area contributed by atoms with E-state index in [2.05, 4.69) is 22.4 Å². The van der Waals surface area contributed by atoms with Crippen LogP contribution in [0.25, 0.3) is 0 Å². The second-order valence-corrected chi connectivity index (χ2v) is 5.37. The number of hydrogen-bond donors (Lipinski definition) is 2. The van der Waals surface area contributed by atoms with E-state index >= 15 is 0 Å². The molecule has 0 amide bonds. The predicted molar refractivity (Wildman–Crippen MR) is 84.0 cm³/mol. The van der Waals surface area contributed by atoms with Crippen LogP contribution < -0.4 is 0 Å². The van der Waals surface area contributed by atoms with Crippen LogP contribution in [0.15, 0.2) is 10.2 Å². The molecule has 6 nitrogen and oxygen atoms in total. The zero-order valence-electron chi connectivity index (χ0n) is 13.3. The first kappa shape index (κ1) is 20.5. The molecule has 0 bridgehead atoms. The largest absolute Gasteiger partial charge is 0.396 e. The molecule has 0 radical (unpaired) electrons. The van der Waals surface area contributed by atoms with Gasteiger partial charge in [-0.15, -0.1) is 0 Å². The predicted octanol–water partition coefficient (Wildman–Crippen LogP) is 3.11. The Bertz CT molecular complexity index is 326. The van der Waals surface area contributed by atoms with Gasteiger partial charge in [-0.2, -0.15) is 20.8 Å². The summed E-state index contributed by atoms with van der Waals surface area (Å²) >= 11 is 0. The molecule has 0 fully saturated rings. The fourth-order valence-electron chi connectivity index (χ4n) is 2.06. The fourth-order valence-corrected chi connectivity index (χ4v) is 2.06. The monoisotopic (exact) mass is 308 g/mol. The summed E-state index contributed by atoms with van der Waals surface area (Å²) in [5.74, 6) is 0. The van der Waals surface area contributed by atoms with Crippen molar-refractivity contribution in [1.82, 2.24) is 0 Å². The second kappa shape index (κ2) is 15.9. The van der Waals surface area contributed by atoms with Crippen LogP contribution in [0.4, 0.5) is 0 Å². The molecule has 124 valence electrons. The smallest absolute Gasteiger partial charge is 0.157 e. The SMILES string of the molecule is N#CC(CCCCCCO)N=NC(C#N)CCCCCCO. The molecule has 0 aromatic carbocycles. The summed E-state index contributed by atoms with van der Waals surface area (Å²) in [5, 5.41) is 43.4. The fraction of sp³-hybridized carbons (Fsp3) is 0.875. The number of azo groups is 1. The van der Waals surface area contributed by atoms with E-state index in [9.17, 15) is 0 Å². The standard InChI is InChI=1S/C16H28N4O2/c17-13-15(9-5-1-3-7-11-21)19-20-16(14-18)10-6-2-4-8-12-22/h15-16,21-22H,1-12H2. The summed E-state index contributed by atoms with van der Waals surface area (Å²) in [5.41, 5.74) is 0. The van der Waals surface area contributed by atoms with Gasteiger partial charge in [0.15, 0.2) is 12.1 Å². The third kappa shape index (κ3) is 12.3. The number of nitrogens with zero attached hydrogens (tertiary/aromatic N) is 4. The van der Waals surface area contributed by atoms with E-state index in [1.54, 1.807) is 0 Å². The van der Waals surface area contributed by atoms with E-state index in [0.29, 0.717) is 12.8 Å². The molecule has 0 saturated heterocycles. The minimum atomic E-state index is -0.473. The molecule has 6 heteroatoms. The Morgan fingerprint density at radius 1 is 0.636 bits per heavy atom. The molecular formula is C16H28N4O2. The number of rotatable bonds is 14. The Morgan fingerprint density at radius 3 is 1.32 bits per heavy atom. The van der Waals surface area contributed by atoms with Crippen molar-refractivity contribution in [3.05, 3.63) is 0 Å². The summed E-state index contributed by atoms with van der Waals surface area (Å²) in [6, 6.07) is 3.27. The molecule has 0 aliphatic heterocycles. The Balaban J connectivity index is 3.93. The summed E-state index contributed by atoms with van der Waals surface area (Å²) in [6.45, 7) is 0.424. The van der Waals surface area contributed by atoms with E-state index in [4.69, 9.17) is 20.7 Å². The molecule has 2 unspecified atom stereocenters. The van der Waals surface area contributed by atoms with Crippen molar-refractivity contribution in [2.45, 2.75) is 76.3 Å².